The second-order valence-electron chi connectivity index (χ2n) is 4.77. The van der Waals surface area contributed by atoms with Gasteiger partial charge in [0.2, 0.25) is 0 Å². The molecular formula is C12H17Na3O13. The fourth-order valence-electron chi connectivity index (χ4n) is 1.30. The van der Waals surface area contributed by atoms with Crippen molar-refractivity contribution < 1.29 is 154 Å². The fraction of sp³-hybridized carbons (Fsp3) is 0.667. The molecule has 0 rings (SSSR count). The molecule has 4 atom stereocenters. The first-order valence-corrected chi connectivity index (χ1v) is 6.44. The second kappa shape index (κ2) is 19.8. The molecule has 4 unspecified atom stereocenters. The van der Waals surface area contributed by atoms with Crippen molar-refractivity contribution in [2.45, 2.75) is 42.9 Å². The van der Waals surface area contributed by atoms with Crippen molar-refractivity contribution in [2.75, 3.05) is 6.61 Å². The summed E-state index contributed by atoms with van der Waals surface area (Å²) in [6.07, 6.45) is -9.56. The van der Waals surface area contributed by atoms with Gasteiger partial charge in [0.1, 0.15) is 30.0 Å². The van der Waals surface area contributed by atoms with Gasteiger partial charge in [-0.15, -0.1) is 0 Å². The summed E-state index contributed by atoms with van der Waals surface area (Å²) < 4.78 is 0. The van der Waals surface area contributed by atoms with E-state index in [9.17, 15) is 34.5 Å². The van der Waals surface area contributed by atoms with Crippen molar-refractivity contribution in [2.24, 2.45) is 0 Å². The van der Waals surface area contributed by atoms with Gasteiger partial charge in [-0.1, -0.05) is 0 Å². The molecule has 6 N–H and O–H groups in total. The van der Waals surface area contributed by atoms with Crippen LogP contribution in [0.15, 0.2) is 0 Å². The second-order valence-corrected chi connectivity index (χ2v) is 4.77. The van der Waals surface area contributed by atoms with Crippen molar-refractivity contribution in [3.63, 3.8) is 0 Å². The monoisotopic (exact) mass is 438 g/mol. The first-order chi connectivity index (χ1) is 11.3. The van der Waals surface area contributed by atoms with Gasteiger partial charge in [0.05, 0.1) is 12.6 Å². The number of carboxylic acids is 3. The van der Waals surface area contributed by atoms with Crippen LogP contribution in [-0.4, -0.2) is 91.5 Å². The van der Waals surface area contributed by atoms with Crippen LogP contribution in [0.25, 0.3) is 0 Å². The minimum absolute atomic E-state index is 0. The van der Waals surface area contributed by atoms with Crippen molar-refractivity contribution in [1.82, 2.24) is 0 Å². The van der Waals surface area contributed by atoms with E-state index in [1.54, 1.807) is 0 Å². The maximum atomic E-state index is 10.1. The number of hydrogen-bond donors (Lipinski definition) is 6. The average molecular weight is 438 g/mol. The molecule has 0 saturated carbocycles. The first-order valence-electron chi connectivity index (χ1n) is 6.44. The molecule has 28 heavy (non-hydrogen) atoms. The third-order valence-electron chi connectivity index (χ3n) is 2.67. The molecule has 0 amide bonds. The van der Waals surface area contributed by atoms with E-state index in [1.807, 2.05) is 0 Å². The van der Waals surface area contributed by atoms with Crippen molar-refractivity contribution in [3.05, 3.63) is 0 Å². The van der Waals surface area contributed by atoms with Gasteiger partial charge in [-0.25, -0.2) is 0 Å². The number of hydrogen-bond acceptors (Lipinski definition) is 13. The maximum Gasteiger partial charge on any atom is 1.00 e. The van der Waals surface area contributed by atoms with E-state index < -0.39 is 67.4 Å². The summed E-state index contributed by atoms with van der Waals surface area (Å²) in [5.41, 5.74) is -2.97. The van der Waals surface area contributed by atoms with E-state index >= 15 is 0 Å². The normalized spacial score (nSPS) is 14.1. The number of aldehydes is 1. The molecule has 146 valence electrons. The van der Waals surface area contributed by atoms with Crippen LogP contribution < -0.4 is 104 Å². The minimum Gasteiger partial charge on any atom is -0.550 e. The number of aliphatic hydroxyl groups is 6. The van der Waals surface area contributed by atoms with Crippen LogP contribution in [0.1, 0.15) is 12.8 Å². The Hall–Kier alpha value is 0.840. The Morgan fingerprint density at radius 3 is 1.43 bits per heavy atom. The van der Waals surface area contributed by atoms with E-state index in [0.717, 1.165) is 0 Å². The molecule has 16 heteroatoms. The Morgan fingerprint density at radius 2 is 1.21 bits per heavy atom. The molecule has 0 aromatic heterocycles. The first kappa shape index (κ1) is 39.3. The predicted molar refractivity (Wildman–Crippen MR) is 66.4 cm³/mol. The maximum absolute atomic E-state index is 10.1. The van der Waals surface area contributed by atoms with Crippen LogP contribution in [0.3, 0.4) is 0 Å². The number of carboxylic acid groups (broad SMARTS) is 3. The van der Waals surface area contributed by atoms with Crippen LogP contribution in [0.2, 0.25) is 0 Å². The molecule has 13 nitrogen and oxygen atoms in total. The summed E-state index contributed by atoms with van der Waals surface area (Å²) in [7, 11) is 0. The summed E-state index contributed by atoms with van der Waals surface area (Å²) in [5, 5.41) is 82.5. The SMILES string of the molecule is O=C([O-])CC(O)(CC(=O)[O-])C(=O)[O-].O=CC(O)C(O)C(O)C(O)CO.[Na+].[Na+].[Na+]. The fourth-order valence-corrected chi connectivity index (χ4v) is 1.30. The van der Waals surface area contributed by atoms with Crippen LogP contribution in [0, 0.1) is 0 Å². The number of aliphatic carboxylic acids is 3. The largest absolute Gasteiger partial charge is 1.00 e. The number of carbonyl (C=O) groups is 4. The van der Waals surface area contributed by atoms with Gasteiger partial charge in [0.15, 0.2) is 6.29 Å². The summed E-state index contributed by atoms with van der Waals surface area (Å²) in [5.74, 6) is -5.98. The molecule has 0 spiro atoms. The molecule has 0 aliphatic rings. The quantitative estimate of drug-likeness (QED) is 0.137. The minimum atomic E-state index is -2.97. The Morgan fingerprint density at radius 1 is 0.857 bits per heavy atom. The Kier molecular flexibility index (Phi) is 27.8. The van der Waals surface area contributed by atoms with Gasteiger partial charge in [0, 0.05) is 24.8 Å². The summed E-state index contributed by atoms with van der Waals surface area (Å²) >= 11 is 0. The van der Waals surface area contributed by atoms with Gasteiger partial charge in [0.25, 0.3) is 0 Å². The summed E-state index contributed by atoms with van der Waals surface area (Å²) in [6, 6.07) is 0. The zero-order chi connectivity index (χ0) is 20.4. The zero-order valence-corrected chi connectivity index (χ0v) is 21.5. The molecule has 0 saturated heterocycles. The number of aliphatic hydroxyl groups excluding tert-OH is 5. The van der Waals surface area contributed by atoms with Gasteiger partial charge in [-0.2, -0.15) is 0 Å². The van der Waals surface area contributed by atoms with Crippen molar-refractivity contribution in [3.8, 4) is 0 Å². The van der Waals surface area contributed by atoms with Gasteiger partial charge < -0.3 is 65.1 Å². The molecule has 0 heterocycles. The van der Waals surface area contributed by atoms with Crippen LogP contribution in [-0.2, 0) is 19.2 Å². The van der Waals surface area contributed by atoms with Crippen LogP contribution >= 0.6 is 0 Å². The van der Waals surface area contributed by atoms with Crippen molar-refractivity contribution in [1.29, 1.82) is 0 Å². The van der Waals surface area contributed by atoms with Gasteiger partial charge in [-0.05, 0) is 0 Å². The van der Waals surface area contributed by atoms with Gasteiger partial charge >= 0.3 is 88.7 Å². The smallest absolute Gasteiger partial charge is 0.550 e. The molecule has 0 fully saturated rings. The Labute approximate surface area is 225 Å². The van der Waals surface area contributed by atoms with Gasteiger partial charge in [-0.3, -0.25) is 0 Å². The third-order valence-corrected chi connectivity index (χ3v) is 2.67. The molecule has 0 radical (unpaired) electrons. The summed E-state index contributed by atoms with van der Waals surface area (Å²) in [6.45, 7) is -0.760. The van der Waals surface area contributed by atoms with E-state index in [2.05, 4.69) is 0 Å². The topological polar surface area (TPSA) is 259 Å². The summed E-state index contributed by atoms with van der Waals surface area (Å²) in [4.78, 5) is 39.9. The molecule has 0 bridgehead atoms. The molecule has 0 aliphatic heterocycles. The zero-order valence-electron chi connectivity index (χ0n) is 15.5. The van der Waals surface area contributed by atoms with E-state index in [4.69, 9.17) is 30.6 Å². The van der Waals surface area contributed by atoms with E-state index in [1.165, 1.54) is 0 Å². The molecular weight excluding hydrogens is 421 g/mol. The third kappa shape index (κ3) is 16.6. The van der Waals surface area contributed by atoms with Crippen LogP contribution in [0.5, 0.6) is 0 Å². The predicted octanol–water partition coefficient (Wildman–Crippen LogP) is -17.6. The van der Waals surface area contributed by atoms with E-state index in [-0.39, 0.29) is 95.0 Å². The molecule has 0 aromatic rings. The van der Waals surface area contributed by atoms with E-state index in [0.29, 0.717) is 0 Å². The average Bonchev–Trinajstić information content (AvgIpc) is 2.50. The molecule has 0 aliphatic carbocycles. The Balaban J connectivity index is -0.000000114. The van der Waals surface area contributed by atoms with Crippen molar-refractivity contribution >= 4 is 24.2 Å². The standard InChI is InChI=1S/C6H8O7.C6H12O6.3Na/c7-3(8)1-6(13,5(11)12)2-4(9)10;7-1-3(9)5(11)6(12)4(10)2-8;;;/h13H,1-2H2,(H,7,8)(H,9,10)(H,11,12);1,3-6,8-12H,2H2;;;/q;;3*+1/p-3. The Bertz CT molecular complexity index is 460. The van der Waals surface area contributed by atoms with Crippen LogP contribution in [0.4, 0.5) is 0 Å². The molecule has 0 aromatic carbocycles. The number of rotatable bonds is 10. The number of carbonyl (C=O) groups excluding carboxylic acids is 4.